The van der Waals surface area contributed by atoms with Crippen LogP contribution in [0.25, 0.3) is 0 Å². The molecule has 42 heavy (non-hydrogen) atoms. The van der Waals surface area contributed by atoms with Crippen LogP contribution in [0.2, 0.25) is 0 Å². The number of para-hydroxylation sites is 1. The van der Waals surface area contributed by atoms with Gasteiger partial charge in [0.2, 0.25) is 0 Å². The maximum Gasteiger partial charge on any atom is 0.338 e. The van der Waals surface area contributed by atoms with Gasteiger partial charge in [-0.2, -0.15) is 0 Å². The van der Waals surface area contributed by atoms with E-state index in [1.807, 2.05) is 79.7 Å². The number of rotatable bonds is 17. The lowest BCUT2D eigenvalue weighted by molar-refractivity contribution is -0.153. The first-order valence-electron chi connectivity index (χ1n) is 14.5. The number of anilines is 1. The third-order valence-electron chi connectivity index (χ3n) is 7.14. The second-order valence-electron chi connectivity index (χ2n) is 10.5. The zero-order chi connectivity index (χ0) is 30.3. The number of ketones is 1. The molecule has 8 heteroatoms. The Morgan fingerprint density at radius 2 is 1.40 bits per heavy atom. The van der Waals surface area contributed by atoms with Crippen LogP contribution in [0.1, 0.15) is 59.0 Å². The molecular formula is C34H43N3O5. The molecule has 0 heterocycles. The molecule has 0 unspecified atom stereocenters. The molecule has 224 valence electrons. The summed E-state index contributed by atoms with van der Waals surface area (Å²) in [5, 5.41) is 6.51. The van der Waals surface area contributed by atoms with E-state index in [0.717, 1.165) is 24.1 Å². The van der Waals surface area contributed by atoms with Gasteiger partial charge in [0.25, 0.3) is 0 Å². The highest BCUT2D eigenvalue weighted by Gasteiger charge is 2.28. The Hall–Kier alpha value is -4.01. The lowest BCUT2D eigenvalue weighted by Gasteiger charge is -2.28. The first kappa shape index (κ1) is 32.5. The molecular weight excluding hydrogens is 530 g/mol. The Bertz CT molecular complexity index is 1250. The van der Waals surface area contributed by atoms with E-state index in [0.29, 0.717) is 30.8 Å². The maximum absolute atomic E-state index is 13.6. The average Bonchev–Trinajstić information content (AvgIpc) is 3.01. The minimum atomic E-state index is -0.680. The molecule has 0 amide bonds. The highest BCUT2D eigenvalue weighted by molar-refractivity contribution is 5.98. The van der Waals surface area contributed by atoms with Gasteiger partial charge < -0.3 is 25.0 Å². The van der Waals surface area contributed by atoms with E-state index in [-0.39, 0.29) is 24.2 Å². The van der Waals surface area contributed by atoms with E-state index in [9.17, 15) is 14.4 Å². The smallest absolute Gasteiger partial charge is 0.338 e. The van der Waals surface area contributed by atoms with Crippen LogP contribution < -0.4 is 10.6 Å². The number of ether oxygens (including phenoxy) is 2. The van der Waals surface area contributed by atoms with Crippen LogP contribution in [0.5, 0.6) is 0 Å². The normalized spacial score (nSPS) is 12.5. The van der Waals surface area contributed by atoms with Gasteiger partial charge in [0, 0.05) is 24.3 Å². The molecule has 0 spiro atoms. The topological polar surface area (TPSA) is 97.0 Å². The van der Waals surface area contributed by atoms with E-state index in [1.165, 1.54) is 0 Å². The van der Waals surface area contributed by atoms with Crippen LogP contribution in [0.15, 0.2) is 84.9 Å². The molecule has 2 N–H and O–H groups in total. The van der Waals surface area contributed by atoms with Gasteiger partial charge in [0.05, 0.1) is 12.1 Å². The van der Waals surface area contributed by atoms with Crippen LogP contribution in [0, 0.1) is 5.92 Å². The quantitative estimate of drug-likeness (QED) is 0.164. The van der Waals surface area contributed by atoms with Gasteiger partial charge >= 0.3 is 11.9 Å². The summed E-state index contributed by atoms with van der Waals surface area (Å²) in [5.74, 6) is -0.782. The first-order valence-corrected chi connectivity index (χ1v) is 14.5. The summed E-state index contributed by atoms with van der Waals surface area (Å²) < 4.78 is 11.4. The minimum absolute atomic E-state index is 0.0746. The molecule has 3 aromatic carbocycles. The van der Waals surface area contributed by atoms with Crippen molar-refractivity contribution >= 4 is 23.4 Å². The Morgan fingerprint density at radius 3 is 2.00 bits per heavy atom. The molecule has 0 aromatic heterocycles. The zero-order valence-corrected chi connectivity index (χ0v) is 25.0. The van der Waals surface area contributed by atoms with Crippen molar-refractivity contribution in [2.45, 2.75) is 38.8 Å². The number of hydrogen-bond acceptors (Lipinski definition) is 8. The SMILES string of the molecule is CCC(CC)[C@H](CNCC(=O)c1ccc(C(=O)OCCN(C)C)cc1)OC(=O)[C@H](Nc1ccccc1)c1ccccc1. The molecule has 3 aromatic rings. The average molecular weight is 574 g/mol. The summed E-state index contributed by atoms with van der Waals surface area (Å²) in [5.41, 5.74) is 2.51. The zero-order valence-electron chi connectivity index (χ0n) is 25.0. The van der Waals surface area contributed by atoms with E-state index in [1.54, 1.807) is 24.3 Å². The van der Waals surface area contributed by atoms with E-state index in [4.69, 9.17) is 9.47 Å². The number of nitrogens with one attached hydrogen (secondary N) is 2. The molecule has 0 saturated heterocycles. The van der Waals surface area contributed by atoms with Gasteiger partial charge in [-0.15, -0.1) is 0 Å². The van der Waals surface area contributed by atoms with Gasteiger partial charge in [-0.1, -0.05) is 74.5 Å². The largest absolute Gasteiger partial charge is 0.461 e. The number of benzene rings is 3. The van der Waals surface area contributed by atoms with Gasteiger partial charge in [-0.3, -0.25) is 4.79 Å². The van der Waals surface area contributed by atoms with Crippen LogP contribution in [-0.2, 0) is 14.3 Å². The standard InChI is InChI=1S/C34H43N3O5/c1-5-25(6-2)31(42-34(40)32(27-13-9-7-10-14-27)36-29-15-11-8-12-16-29)24-35-23-30(38)26-17-19-28(20-18-26)33(39)41-22-21-37(3)4/h7-20,25,31-32,35-36H,5-6,21-24H2,1-4H3/t31-,32+/m0/s1. The van der Waals surface area contributed by atoms with Crippen molar-refractivity contribution in [3.63, 3.8) is 0 Å². The van der Waals surface area contributed by atoms with Crippen LogP contribution in [-0.4, -0.2) is 69.1 Å². The van der Waals surface area contributed by atoms with E-state index < -0.39 is 18.1 Å². The monoisotopic (exact) mass is 573 g/mol. The van der Waals surface area contributed by atoms with Crippen molar-refractivity contribution in [2.24, 2.45) is 5.92 Å². The number of nitrogens with zero attached hydrogens (tertiary/aromatic N) is 1. The molecule has 0 saturated carbocycles. The molecule has 0 bridgehead atoms. The number of hydrogen-bond donors (Lipinski definition) is 2. The predicted octanol–water partition coefficient (Wildman–Crippen LogP) is 5.38. The summed E-state index contributed by atoms with van der Waals surface area (Å²) in [7, 11) is 3.81. The molecule has 8 nitrogen and oxygen atoms in total. The fraction of sp³-hybridized carbons (Fsp3) is 0.382. The number of esters is 2. The minimum Gasteiger partial charge on any atom is -0.461 e. The third-order valence-corrected chi connectivity index (χ3v) is 7.14. The second kappa shape index (κ2) is 17.1. The molecule has 0 radical (unpaired) electrons. The molecule has 0 aliphatic heterocycles. The molecule has 3 rings (SSSR count). The van der Waals surface area contributed by atoms with Crippen LogP contribution in [0.4, 0.5) is 5.69 Å². The van der Waals surface area contributed by atoms with Crippen molar-refractivity contribution in [1.29, 1.82) is 0 Å². The van der Waals surface area contributed by atoms with Crippen molar-refractivity contribution in [1.82, 2.24) is 10.2 Å². The summed E-state index contributed by atoms with van der Waals surface area (Å²) in [6, 6.07) is 24.9. The molecule has 0 aliphatic rings. The molecule has 2 atom stereocenters. The Morgan fingerprint density at radius 1 is 0.810 bits per heavy atom. The van der Waals surface area contributed by atoms with E-state index in [2.05, 4.69) is 24.5 Å². The Kier molecular flexibility index (Phi) is 13.2. The number of likely N-dealkylation sites (N-methyl/N-ethyl adjacent to an activating group) is 1. The van der Waals surface area contributed by atoms with Gasteiger partial charge in [0.15, 0.2) is 11.8 Å². The third kappa shape index (κ3) is 10.1. The van der Waals surface area contributed by atoms with Gasteiger partial charge in [-0.25, -0.2) is 9.59 Å². The van der Waals surface area contributed by atoms with Gasteiger partial charge in [-0.05, 0) is 62.7 Å². The molecule has 0 fully saturated rings. The number of carbonyl (C=O) groups excluding carboxylic acids is 3. The Labute approximate surface area is 249 Å². The highest BCUT2D eigenvalue weighted by atomic mass is 16.5. The highest BCUT2D eigenvalue weighted by Crippen LogP contribution is 2.24. The number of Topliss-reactive ketones (excluding diaryl/α,β-unsaturated/α-hetero) is 1. The summed E-state index contributed by atoms with van der Waals surface area (Å²) >= 11 is 0. The van der Waals surface area contributed by atoms with Gasteiger partial charge in [0.1, 0.15) is 12.7 Å². The van der Waals surface area contributed by atoms with Crippen molar-refractivity contribution in [2.75, 3.05) is 45.7 Å². The second-order valence-corrected chi connectivity index (χ2v) is 10.5. The summed E-state index contributed by atoms with van der Waals surface area (Å²) in [6.07, 6.45) is 1.25. The van der Waals surface area contributed by atoms with Crippen molar-refractivity contribution in [3.05, 3.63) is 102 Å². The van der Waals surface area contributed by atoms with Crippen molar-refractivity contribution in [3.8, 4) is 0 Å². The predicted molar refractivity (Wildman–Crippen MR) is 166 cm³/mol. The summed E-state index contributed by atoms with van der Waals surface area (Å²) in [6.45, 7) is 5.50. The Balaban J connectivity index is 1.62. The van der Waals surface area contributed by atoms with Crippen LogP contribution >= 0.6 is 0 Å². The number of carbonyl (C=O) groups is 3. The molecule has 0 aliphatic carbocycles. The maximum atomic E-state index is 13.6. The van der Waals surface area contributed by atoms with Crippen molar-refractivity contribution < 1.29 is 23.9 Å². The summed E-state index contributed by atoms with van der Waals surface area (Å²) in [4.78, 5) is 40.6. The lowest BCUT2D eigenvalue weighted by Crippen LogP contribution is -2.40. The van der Waals surface area contributed by atoms with E-state index >= 15 is 0 Å². The van der Waals surface area contributed by atoms with Crippen LogP contribution in [0.3, 0.4) is 0 Å². The first-order chi connectivity index (χ1) is 20.3. The fourth-order valence-corrected chi connectivity index (χ4v) is 4.59. The fourth-order valence-electron chi connectivity index (χ4n) is 4.59. The lowest BCUT2D eigenvalue weighted by atomic mass is 9.96.